The van der Waals surface area contributed by atoms with Gasteiger partial charge in [0.2, 0.25) is 0 Å². The summed E-state index contributed by atoms with van der Waals surface area (Å²) in [6.45, 7) is 0.628. The molecular formula is C24H22ClNO3. The van der Waals surface area contributed by atoms with Gasteiger partial charge in [-0.1, -0.05) is 48.0 Å². The second-order valence-corrected chi connectivity index (χ2v) is 7.44. The van der Waals surface area contributed by atoms with E-state index in [4.69, 9.17) is 21.1 Å². The fraction of sp³-hybridized carbons (Fsp3) is 0.208. The van der Waals surface area contributed by atoms with E-state index in [1.165, 1.54) is 5.56 Å². The van der Waals surface area contributed by atoms with E-state index >= 15 is 0 Å². The summed E-state index contributed by atoms with van der Waals surface area (Å²) in [5.41, 5.74) is 3.98. The van der Waals surface area contributed by atoms with E-state index in [1.807, 2.05) is 41.3 Å². The van der Waals surface area contributed by atoms with Crippen LogP contribution in [-0.4, -0.2) is 31.6 Å². The monoisotopic (exact) mass is 407 g/mol. The zero-order valence-corrected chi connectivity index (χ0v) is 17.1. The molecule has 0 saturated carbocycles. The normalized spacial score (nSPS) is 15.6. The van der Waals surface area contributed by atoms with Crippen molar-refractivity contribution in [3.8, 4) is 11.5 Å². The summed E-state index contributed by atoms with van der Waals surface area (Å²) in [5, 5.41) is 0.674. The van der Waals surface area contributed by atoms with Crippen LogP contribution < -0.4 is 9.47 Å². The minimum absolute atomic E-state index is 0.0587. The highest BCUT2D eigenvalue weighted by Gasteiger charge is 2.32. The number of fused-ring (bicyclic) bond motifs is 1. The van der Waals surface area contributed by atoms with Crippen LogP contribution in [0.2, 0.25) is 5.02 Å². The Balaban J connectivity index is 1.79. The molecule has 0 radical (unpaired) electrons. The van der Waals surface area contributed by atoms with Crippen LogP contribution in [0.4, 0.5) is 0 Å². The lowest BCUT2D eigenvalue weighted by Gasteiger charge is -2.38. The average molecular weight is 408 g/mol. The number of amides is 1. The smallest absolute Gasteiger partial charge is 0.254 e. The minimum Gasteiger partial charge on any atom is -0.497 e. The molecule has 1 heterocycles. The fourth-order valence-corrected chi connectivity index (χ4v) is 4.01. The lowest BCUT2D eigenvalue weighted by atomic mass is 9.87. The summed E-state index contributed by atoms with van der Waals surface area (Å²) >= 11 is 6.10. The first-order chi connectivity index (χ1) is 14.1. The lowest BCUT2D eigenvalue weighted by Crippen LogP contribution is -2.40. The Hall–Kier alpha value is -2.98. The Morgan fingerprint density at radius 3 is 2.28 bits per heavy atom. The molecule has 1 aliphatic heterocycles. The molecule has 3 aromatic rings. The second-order valence-electron chi connectivity index (χ2n) is 7.00. The van der Waals surface area contributed by atoms with Gasteiger partial charge in [-0.15, -0.1) is 0 Å². The molecule has 1 amide bonds. The van der Waals surface area contributed by atoms with Gasteiger partial charge >= 0.3 is 0 Å². The lowest BCUT2D eigenvalue weighted by molar-refractivity contribution is 0.0694. The van der Waals surface area contributed by atoms with E-state index in [0.717, 1.165) is 17.5 Å². The third kappa shape index (κ3) is 3.81. The van der Waals surface area contributed by atoms with Crippen molar-refractivity contribution in [3.63, 3.8) is 0 Å². The molecule has 0 bridgehead atoms. The Morgan fingerprint density at radius 1 is 0.966 bits per heavy atom. The van der Waals surface area contributed by atoms with E-state index < -0.39 is 0 Å². The van der Waals surface area contributed by atoms with Crippen molar-refractivity contribution in [3.05, 3.63) is 94.0 Å². The van der Waals surface area contributed by atoms with E-state index in [1.54, 1.807) is 32.4 Å². The third-order valence-electron chi connectivity index (χ3n) is 5.33. The van der Waals surface area contributed by atoms with Crippen molar-refractivity contribution in [2.24, 2.45) is 0 Å². The Bertz CT molecular complexity index is 1010. The summed E-state index contributed by atoms with van der Waals surface area (Å²) in [6, 6.07) is 21.1. The summed E-state index contributed by atoms with van der Waals surface area (Å²) < 4.78 is 10.7. The van der Waals surface area contributed by atoms with E-state index in [-0.39, 0.29) is 11.9 Å². The Labute approximate surface area is 175 Å². The molecule has 148 valence electrons. The highest BCUT2D eigenvalue weighted by atomic mass is 35.5. The van der Waals surface area contributed by atoms with Gasteiger partial charge in [-0.2, -0.15) is 0 Å². The zero-order chi connectivity index (χ0) is 20.4. The molecule has 1 aliphatic rings. The number of nitrogens with zero attached hydrogens (tertiary/aromatic N) is 1. The van der Waals surface area contributed by atoms with Gasteiger partial charge in [0, 0.05) is 23.2 Å². The van der Waals surface area contributed by atoms with E-state index in [9.17, 15) is 4.79 Å². The van der Waals surface area contributed by atoms with Crippen LogP contribution >= 0.6 is 11.6 Å². The third-order valence-corrected chi connectivity index (χ3v) is 5.58. The molecule has 0 N–H and O–H groups in total. The number of hydrogen-bond donors (Lipinski definition) is 0. The maximum Gasteiger partial charge on any atom is 0.254 e. The molecule has 0 fully saturated rings. The number of carbonyl (C=O) groups excluding carboxylic acids is 1. The molecule has 29 heavy (non-hydrogen) atoms. The van der Waals surface area contributed by atoms with Gasteiger partial charge in [0.1, 0.15) is 11.5 Å². The molecular weight excluding hydrogens is 386 g/mol. The first kappa shape index (κ1) is 19.3. The Morgan fingerprint density at radius 2 is 1.62 bits per heavy atom. The van der Waals surface area contributed by atoms with Crippen molar-refractivity contribution in [1.29, 1.82) is 0 Å². The molecule has 0 spiro atoms. The van der Waals surface area contributed by atoms with Gasteiger partial charge in [-0.05, 0) is 47.4 Å². The number of rotatable bonds is 4. The number of ether oxygens (including phenoxy) is 2. The van der Waals surface area contributed by atoms with E-state index in [0.29, 0.717) is 28.6 Å². The van der Waals surface area contributed by atoms with Crippen LogP contribution in [0.15, 0.2) is 66.7 Å². The first-order valence-electron chi connectivity index (χ1n) is 9.48. The van der Waals surface area contributed by atoms with E-state index in [2.05, 4.69) is 12.1 Å². The standard InChI is InChI=1S/C24H22ClNO3/c1-28-20-13-18(14-21(15-20)29-2)24(27)26-12-11-16-5-3-4-6-22(16)23(26)17-7-9-19(25)10-8-17/h3-10,13-15,23H,11-12H2,1-2H3/t23-/m0/s1. The summed E-state index contributed by atoms with van der Waals surface area (Å²) in [4.78, 5) is 15.5. The van der Waals surface area contributed by atoms with Crippen molar-refractivity contribution in [2.45, 2.75) is 12.5 Å². The van der Waals surface area contributed by atoms with Crippen LogP contribution in [0, 0.1) is 0 Å². The largest absolute Gasteiger partial charge is 0.497 e. The second kappa shape index (κ2) is 8.18. The van der Waals surface area contributed by atoms with Crippen LogP contribution in [0.25, 0.3) is 0 Å². The zero-order valence-electron chi connectivity index (χ0n) is 16.4. The minimum atomic E-state index is -0.179. The van der Waals surface area contributed by atoms with Crippen molar-refractivity contribution in [2.75, 3.05) is 20.8 Å². The van der Waals surface area contributed by atoms with Gasteiger partial charge in [0.15, 0.2) is 0 Å². The Kier molecular flexibility index (Phi) is 5.45. The first-order valence-corrected chi connectivity index (χ1v) is 9.86. The number of halogens is 1. The molecule has 0 unspecified atom stereocenters. The SMILES string of the molecule is COc1cc(OC)cc(C(=O)N2CCc3ccccc3[C@@H]2c2ccc(Cl)cc2)c1. The number of hydrogen-bond acceptors (Lipinski definition) is 3. The number of methoxy groups -OCH3 is 2. The van der Waals surface area contributed by atoms with Crippen LogP contribution in [0.3, 0.4) is 0 Å². The summed E-state index contributed by atoms with van der Waals surface area (Å²) in [7, 11) is 3.16. The van der Waals surface area contributed by atoms with Gasteiger partial charge in [-0.25, -0.2) is 0 Å². The fourth-order valence-electron chi connectivity index (χ4n) is 3.89. The molecule has 0 aliphatic carbocycles. The van der Waals surface area contributed by atoms with Crippen LogP contribution in [0.1, 0.15) is 33.1 Å². The van der Waals surface area contributed by atoms with Gasteiger partial charge in [0.05, 0.1) is 20.3 Å². The molecule has 5 heteroatoms. The van der Waals surface area contributed by atoms with Crippen molar-refractivity contribution < 1.29 is 14.3 Å². The average Bonchev–Trinajstić information content (AvgIpc) is 2.78. The van der Waals surface area contributed by atoms with Crippen LogP contribution in [0.5, 0.6) is 11.5 Å². The highest BCUT2D eigenvalue weighted by molar-refractivity contribution is 6.30. The number of benzene rings is 3. The predicted molar refractivity (Wildman–Crippen MR) is 114 cm³/mol. The van der Waals surface area contributed by atoms with Gasteiger partial charge in [0.25, 0.3) is 5.91 Å². The molecule has 4 nitrogen and oxygen atoms in total. The van der Waals surface area contributed by atoms with Gasteiger partial charge < -0.3 is 14.4 Å². The maximum absolute atomic E-state index is 13.6. The molecule has 4 rings (SSSR count). The molecule has 0 aromatic heterocycles. The predicted octanol–water partition coefficient (Wildman–Crippen LogP) is 5.15. The van der Waals surface area contributed by atoms with Crippen molar-refractivity contribution >= 4 is 17.5 Å². The topological polar surface area (TPSA) is 38.8 Å². The summed E-state index contributed by atoms with van der Waals surface area (Å²) in [6.07, 6.45) is 0.813. The van der Waals surface area contributed by atoms with Crippen molar-refractivity contribution in [1.82, 2.24) is 4.90 Å². The molecule has 1 atom stereocenters. The molecule has 0 saturated heterocycles. The summed E-state index contributed by atoms with van der Waals surface area (Å²) in [5.74, 6) is 1.12. The molecule has 3 aromatic carbocycles. The highest BCUT2D eigenvalue weighted by Crippen LogP contribution is 2.37. The van der Waals surface area contributed by atoms with Gasteiger partial charge in [-0.3, -0.25) is 4.79 Å². The number of carbonyl (C=O) groups is 1. The van der Waals surface area contributed by atoms with Crippen LogP contribution in [-0.2, 0) is 6.42 Å². The maximum atomic E-state index is 13.6. The quantitative estimate of drug-likeness (QED) is 0.600.